The number of nitrogens with zero attached hydrogens (tertiary/aromatic N) is 1. The predicted molar refractivity (Wildman–Crippen MR) is 78.2 cm³/mol. The standard InChI is InChI=1S/C16H19NO2/c1-6-8-9-12(3)13(4)10-15-14(5)19-11-16(18)17(15)7-2/h6,8-10H,1,3-5,7,11H2,2H3/b9-8-,15-10+. The normalized spacial score (nSPS) is 17.7. The van der Waals surface area contributed by atoms with Crippen LogP contribution in [0.4, 0.5) is 0 Å². The van der Waals surface area contributed by atoms with Gasteiger partial charge in [0.25, 0.3) is 5.91 Å². The second kappa shape index (κ2) is 6.59. The molecule has 100 valence electrons. The first-order valence-corrected chi connectivity index (χ1v) is 6.02. The van der Waals surface area contributed by atoms with Crippen LogP contribution in [0.3, 0.4) is 0 Å². The van der Waals surface area contributed by atoms with Gasteiger partial charge in [0.05, 0.1) is 5.70 Å². The number of morpholine rings is 1. The topological polar surface area (TPSA) is 29.5 Å². The van der Waals surface area contributed by atoms with E-state index in [1.54, 1.807) is 29.2 Å². The van der Waals surface area contributed by atoms with E-state index in [2.05, 4.69) is 26.3 Å². The van der Waals surface area contributed by atoms with Crippen molar-refractivity contribution in [2.24, 2.45) is 0 Å². The summed E-state index contributed by atoms with van der Waals surface area (Å²) < 4.78 is 5.24. The van der Waals surface area contributed by atoms with Crippen molar-refractivity contribution in [3.8, 4) is 0 Å². The fourth-order valence-electron chi connectivity index (χ4n) is 1.64. The van der Waals surface area contributed by atoms with Crippen molar-refractivity contribution < 1.29 is 9.53 Å². The molecule has 0 spiro atoms. The van der Waals surface area contributed by atoms with Gasteiger partial charge in [-0.1, -0.05) is 44.5 Å². The molecule has 3 nitrogen and oxygen atoms in total. The monoisotopic (exact) mass is 257 g/mol. The van der Waals surface area contributed by atoms with E-state index < -0.39 is 0 Å². The first kappa shape index (κ1) is 14.8. The Hall–Kier alpha value is -2.29. The minimum atomic E-state index is -0.0822. The van der Waals surface area contributed by atoms with E-state index in [1.165, 1.54) is 0 Å². The number of likely N-dealkylation sites (N-methyl/N-ethyl adjacent to an activating group) is 1. The molecule has 0 aromatic carbocycles. The van der Waals surface area contributed by atoms with Crippen LogP contribution < -0.4 is 0 Å². The van der Waals surface area contributed by atoms with Gasteiger partial charge in [-0.3, -0.25) is 4.79 Å². The first-order valence-electron chi connectivity index (χ1n) is 6.02. The molecule has 3 heteroatoms. The van der Waals surface area contributed by atoms with Gasteiger partial charge in [0.2, 0.25) is 0 Å². The van der Waals surface area contributed by atoms with Gasteiger partial charge in [-0.05, 0) is 24.1 Å². The van der Waals surface area contributed by atoms with Crippen molar-refractivity contribution in [1.29, 1.82) is 0 Å². The summed E-state index contributed by atoms with van der Waals surface area (Å²) in [6.07, 6.45) is 7.01. The molecule has 1 fully saturated rings. The first-order chi connectivity index (χ1) is 9.01. The van der Waals surface area contributed by atoms with Gasteiger partial charge in [-0.15, -0.1) is 0 Å². The smallest absolute Gasteiger partial charge is 0.265 e. The Morgan fingerprint density at radius 2 is 2.11 bits per heavy atom. The van der Waals surface area contributed by atoms with Crippen molar-refractivity contribution in [3.63, 3.8) is 0 Å². The second-order valence-electron chi connectivity index (χ2n) is 4.02. The predicted octanol–water partition coefficient (Wildman–Crippen LogP) is 3.12. The molecule has 0 aromatic rings. The quantitative estimate of drug-likeness (QED) is 0.708. The van der Waals surface area contributed by atoms with E-state index in [9.17, 15) is 4.79 Å². The summed E-state index contributed by atoms with van der Waals surface area (Å²) in [6, 6.07) is 0. The number of allylic oxidation sites excluding steroid dienone is 6. The minimum absolute atomic E-state index is 0.0355. The summed E-state index contributed by atoms with van der Waals surface area (Å²) in [4.78, 5) is 13.4. The van der Waals surface area contributed by atoms with E-state index in [0.717, 1.165) is 5.57 Å². The average Bonchev–Trinajstić information content (AvgIpc) is 2.40. The molecule has 1 saturated heterocycles. The van der Waals surface area contributed by atoms with Gasteiger partial charge in [0, 0.05) is 6.54 Å². The third-order valence-corrected chi connectivity index (χ3v) is 2.72. The Labute approximate surface area is 114 Å². The molecule has 1 aliphatic rings. The van der Waals surface area contributed by atoms with Crippen LogP contribution in [0.25, 0.3) is 0 Å². The molecule has 0 bridgehead atoms. The number of carbonyl (C=O) groups is 1. The van der Waals surface area contributed by atoms with Crippen LogP contribution in [0, 0.1) is 0 Å². The van der Waals surface area contributed by atoms with Crippen LogP contribution in [-0.4, -0.2) is 24.0 Å². The number of rotatable bonds is 5. The van der Waals surface area contributed by atoms with Crippen LogP contribution >= 0.6 is 0 Å². The maximum atomic E-state index is 11.7. The van der Waals surface area contributed by atoms with Crippen LogP contribution in [0.5, 0.6) is 0 Å². The summed E-state index contributed by atoms with van der Waals surface area (Å²) in [6.45, 7) is 17.7. The lowest BCUT2D eigenvalue weighted by Crippen LogP contribution is -2.38. The molecule has 0 aromatic heterocycles. The molecule has 0 radical (unpaired) electrons. The van der Waals surface area contributed by atoms with Gasteiger partial charge < -0.3 is 9.64 Å². The van der Waals surface area contributed by atoms with E-state index in [1.807, 2.05) is 6.92 Å². The summed E-state index contributed by atoms with van der Waals surface area (Å²) in [5.74, 6) is 0.393. The Morgan fingerprint density at radius 3 is 2.68 bits per heavy atom. The lowest BCUT2D eigenvalue weighted by Gasteiger charge is -2.30. The number of carbonyl (C=O) groups excluding carboxylic acids is 1. The van der Waals surface area contributed by atoms with Gasteiger partial charge in [0.15, 0.2) is 6.61 Å². The lowest BCUT2D eigenvalue weighted by molar-refractivity contribution is -0.135. The van der Waals surface area contributed by atoms with Gasteiger partial charge in [-0.2, -0.15) is 0 Å². The van der Waals surface area contributed by atoms with Crippen molar-refractivity contribution in [2.75, 3.05) is 13.2 Å². The number of hydrogen-bond donors (Lipinski definition) is 0. The third kappa shape index (κ3) is 3.58. The van der Waals surface area contributed by atoms with Crippen molar-refractivity contribution in [2.45, 2.75) is 6.92 Å². The molecule has 0 saturated carbocycles. The molecular weight excluding hydrogens is 238 g/mol. The number of amides is 1. The Kier molecular flexibility index (Phi) is 5.12. The van der Waals surface area contributed by atoms with Crippen LogP contribution in [0.2, 0.25) is 0 Å². The molecule has 0 unspecified atom stereocenters. The maximum absolute atomic E-state index is 11.7. The average molecular weight is 257 g/mol. The second-order valence-corrected chi connectivity index (χ2v) is 4.02. The molecule has 19 heavy (non-hydrogen) atoms. The van der Waals surface area contributed by atoms with Gasteiger partial charge in [0.1, 0.15) is 5.76 Å². The molecular formula is C16H19NO2. The zero-order valence-corrected chi connectivity index (χ0v) is 11.3. The summed E-state index contributed by atoms with van der Waals surface area (Å²) >= 11 is 0. The van der Waals surface area contributed by atoms with Crippen molar-refractivity contribution in [1.82, 2.24) is 4.90 Å². The minimum Gasteiger partial charge on any atom is -0.482 e. The molecule has 0 N–H and O–H groups in total. The molecule has 1 aliphatic heterocycles. The van der Waals surface area contributed by atoms with Crippen molar-refractivity contribution in [3.05, 3.63) is 73.2 Å². The maximum Gasteiger partial charge on any atom is 0.265 e. The highest BCUT2D eigenvalue weighted by Crippen LogP contribution is 2.23. The zero-order valence-electron chi connectivity index (χ0n) is 11.3. The summed E-state index contributed by atoms with van der Waals surface area (Å²) in [7, 11) is 0. The van der Waals surface area contributed by atoms with Gasteiger partial charge >= 0.3 is 0 Å². The fraction of sp³-hybridized carbons (Fsp3) is 0.188. The highest BCUT2D eigenvalue weighted by molar-refractivity contribution is 5.81. The molecule has 0 atom stereocenters. The Morgan fingerprint density at radius 1 is 1.42 bits per heavy atom. The zero-order chi connectivity index (χ0) is 14.4. The Balaban J connectivity index is 2.99. The largest absolute Gasteiger partial charge is 0.482 e. The van der Waals surface area contributed by atoms with Crippen LogP contribution in [0.1, 0.15) is 6.92 Å². The summed E-state index contributed by atoms with van der Waals surface area (Å²) in [5, 5.41) is 0. The summed E-state index contributed by atoms with van der Waals surface area (Å²) in [5.41, 5.74) is 2.08. The fourth-order valence-corrected chi connectivity index (χ4v) is 1.64. The van der Waals surface area contributed by atoms with E-state index in [-0.39, 0.29) is 12.5 Å². The molecule has 1 heterocycles. The highest BCUT2D eigenvalue weighted by atomic mass is 16.5. The van der Waals surface area contributed by atoms with Crippen LogP contribution in [-0.2, 0) is 9.53 Å². The van der Waals surface area contributed by atoms with E-state index in [0.29, 0.717) is 23.6 Å². The number of hydrogen-bond acceptors (Lipinski definition) is 2. The molecule has 1 rings (SSSR count). The third-order valence-electron chi connectivity index (χ3n) is 2.72. The van der Waals surface area contributed by atoms with E-state index >= 15 is 0 Å². The highest BCUT2D eigenvalue weighted by Gasteiger charge is 2.25. The van der Waals surface area contributed by atoms with E-state index in [4.69, 9.17) is 4.74 Å². The molecule has 0 aliphatic carbocycles. The van der Waals surface area contributed by atoms with Crippen molar-refractivity contribution >= 4 is 5.91 Å². The molecule has 1 amide bonds. The van der Waals surface area contributed by atoms with Crippen LogP contribution in [0.15, 0.2) is 73.2 Å². The Bertz CT molecular complexity index is 495. The lowest BCUT2D eigenvalue weighted by atomic mass is 10.1. The SMILES string of the molecule is C=C/C=C\C(=C)C(=C)/C=C1\C(=C)OCC(=O)N1CC. The number of ether oxygens (including phenoxy) is 1. The van der Waals surface area contributed by atoms with Gasteiger partial charge in [-0.25, -0.2) is 0 Å².